The third-order valence-corrected chi connectivity index (χ3v) is 3.12. The molecular formula is C18H35NO6. The Balaban J connectivity index is 3.44. The molecule has 0 aromatic heterocycles. The summed E-state index contributed by atoms with van der Waals surface area (Å²) in [6.45, 7) is 9.91. The molecule has 0 spiro atoms. The Morgan fingerprint density at radius 2 is 1.52 bits per heavy atom. The van der Waals surface area contributed by atoms with Crippen molar-refractivity contribution in [2.45, 2.75) is 59.0 Å². The molecule has 0 atom stereocenters. The minimum atomic E-state index is -0.501. The number of amides is 1. The van der Waals surface area contributed by atoms with E-state index in [0.717, 1.165) is 19.3 Å². The van der Waals surface area contributed by atoms with Crippen molar-refractivity contribution in [3.05, 3.63) is 0 Å². The highest BCUT2D eigenvalue weighted by Crippen LogP contribution is 2.08. The van der Waals surface area contributed by atoms with Crippen LogP contribution in [-0.4, -0.2) is 69.2 Å². The Kier molecular flexibility index (Phi) is 13.2. The third-order valence-electron chi connectivity index (χ3n) is 3.12. The van der Waals surface area contributed by atoms with E-state index in [-0.39, 0.29) is 18.7 Å². The zero-order valence-electron chi connectivity index (χ0n) is 16.5. The molecule has 1 amide bonds. The average Bonchev–Trinajstić information content (AvgIpc) is 2.51. The topological polar surface area (TPSA) is 74.3 Å². The van der Waals surface area contributed by atoms with Crippen LogP contribution in [0.15, 0.2) is 0 Å². The van der Waals surface area contributed by atoms with Crippen molar-refractivity contribution in [1.82, 2.24) is 4.90 Å². The zero-order valence-corrected chi connectivity index (χ0v) is 16.5. The van der Waals surface area contributed by atoms with Crippen molar-refractivity contribution >= 4 is 12.1 Å². The monoisotopic (exact) mass is 361 g/mol. The van der Waals surface area contributed by atoms with Crippen molar-refractivity contribution in [3.8, 4) is 0 Å². The van der Waals surface area contributed by atoms with Gasteiger partial charge in [-0.2, -0.15) is 0 Å². The van der Waals surface area contributed by atoms with Gasteiger partial charge in [-0.15, -0.1) is 0 Å². The average molecular weight is 361 g/mol. The minimum Gasteiger partial charge on any atom is -0.463 e. The van der Waals surface area contributed by atoms with Gasteiger partial charge in [0.1, 0.15) is 12.2 Å². The molecule has 0 heterocycles. The van der Waals surface area contributed by atoms with E-state index in [1.165, 1.54) is 4.90 Å². The number of esters is 1. The van der Waals surface area contributed by atoms with Gasteiger partial charge < -0.3 is 23.8 Å². The van der Waals surface area contributed by atoms with Crippen LogP contribution in [0.2, 0.25) is 0 Å². The summed E-state index contributed by atoms with van der Waals surface area (Å²) in [6, 6.07) is 0. The first-order chi connectivity index (χ1) is 11.8. The summed E-state index contributed by atoms with van der Waals surface area (Å²) >= 11 is 0. The van der Waals surface area contributed by atoms with Crippen LogP contribution < -0.4 is 0 Å². The lowest BCUT2D eigenvalue weighted by Gasteiger charge is -2.24. The number of ether oxygens (including phenoxy) is 4. The summed E-state index contributed by atoms with van der Waals surface area (Å²) in [7, 11) is 1.67. The lowest BCUT2D eigenvalue weighted by molar-refractivity contribution is -0.145. The van der Waals surface area contributed by atoms with E-state index in [0.29, 0.717) is 39.4 Å². The second-order valence-corrected chi connectivity index (χ2v) is 6.80. The first kappa shape index (κ1) is 23.7. The fourth-order valence-electron chi connectivity index (χ4n) is 1.76. The van der Waals surface area contributed by atoms with E-state index in [2.05, 4.69) is 6.92 Å². The molecule has 0 aliphatic carbocycles. The number of carbonyl (C=O) groups excluding carboxylic acids is 2. The van der Waals surface area contributed by atoms with Crippen molar-refractivity contribution in [1.29, 1.82) is 0 Å². The van der Waals surface area contributed by atoms with E-state index in [4.69, 9.17) is 18.9 Å². The van der Waals surface area contributed by atoms with Gasteiger partial charge in [0.05, 0.1) is 26.4 Å². The molecule has 25 heavy (non-hydrogen) atoms. The van der Waals surface area contributed by atoms with E-state index >= 15 is 0 Å². The summed E-state index contributed by atoms with van der Waals surface area (Å²) in [5.41, 5.74) is -0.501. The molecule has 0 rings (SSSR count). The van der Waals surface area contributed by atoms with Gasteiger partial charge in [-0.25, -0.2) is 4.79 Å². The highest BCUT2D eigenvalue weighted by atomic mass is 16.6. The van der Waals surface area contributed by atoms with Gasteiger partial charge in [-0.1, -0.05) is 19.8 Å². The Labute approximate surface area is 151 Å². The fourth-order valence-corrected chi connectivity index (χ4v) is 1.76. The van der Waals surface area contributed by atoms with Gasteiger partial charge in [-0.3, -0.25) is 4.79 Å². The number of rotatable bonds is 13. The normalized spacial score (nSPS) is 11.2. The Bertz CT molecular complexity index is 367. The second-order valence-electron chi connectivity index (χ2n) is 6.80. The molecule has 148 valence electrons. The molecule has 0 aromatic rings. The van der Waals surface area contributed by atoms with Crippen LogP contribution in [0.3, 0.4) is 0 Å². The maximum atomic E-state index is 11.7. The maximum absolute atomic E-state index is 11.7. The molecule has 0 N–H and O–H groups in total. The molecule has 7 nitrogen and oxygen atoms in total. The highest BCUT2D eigenvalue weighted by Gasteiger charge is 2.19. The predicted octanol–water partition coefficient (Wildman–Crippen LogP) is 3.01. The summed E-state index contributed by atoms with van der Waals surface area (Å²) in [6.07, 6.45) is 3.12. The summed E-state index contributed by atoms with van der Waals surface area (Å²) in [5.74, 6) is -0.168. The van der Waals surface area contributed by atoms with Gasteiger partial charge in [0.25, 0.3) is 0 Å². The quantitative estimate of drug-likeness (QED) is 0.371. The van der Waals surface area contributed by atoms with Crippen LogP contribution >= 0.6 is 0 Å². The smallest absolute Gasteiger partial charge is 0.410 e. The van der Waals surface area contributed by atoms with Gasteiger partial charge in [0.15, 0.2) is 0 Å². The van der Waals surface area contributed by atoms with Crippen molar-refractivity contribution in [3.63, 3.8) is 0 Å². The van der Waals surface area contributed by atoms with Crippen LogP contribution in [0.4, 0.5) is 4.79 Å². The number of unbranched alkanes of at least 4 members (excludes halogenated alkanes) is 2. The molecule has 0 saturated heterocycles. The SMILES string of the molecule is CCCCCC(=O)OCCOCCOCCN(C)C(=O)OC(C)(C)C. The number of hydrogen-bond donors (Lipinski definition) is 0. The molecule has 0 radical (unpaired) electrons. The van der Waals surface area contributed by atoms with Crippen LogP contribution in [0, 0.1) is 0 Å². The van der Waals surface area contributed by atoms with Crippen LogP contribution in [0.25, 0.3) is 0 Å². The van der Waals surface area contributed by atoms with E-state index in [1.54, 1.807) is 7.05 Å². The summed E-state index contributed by atoms with van der Waals surface area (Å²) < 4.78 is 21.0. The zero-order chi connectivity index (χ0) is 19.1. The van der Waals surface area contributed by atoms with Crippen molar-refractivity contribution in [2.24, 2.45) is 0 Å². The fraction of sp³-hybridized carbons (Fsp3) is 0.889. The highest BCUT2D eigenvalue weighted by molar-refractivity contribution is 5.69. The Hall–Kier alpha value is -1.34. The lowest BCUT2D eigenvalue weighted by Crippen LogP contribution is -2.36. The maximum Gasteiger partial charge on any atom is 0.410 e. The number of hydrogen-bond acceptors (Lipinski definition) is 6. The minimum absolute atomic E-state index is 0.168. The molecule has 0 fully saturated rings. The summed E-state index contributed by atoms with van der Waals surface area (Å²) in [4.78, 5) is 24.5. The first-order valence-corrected chi connectivity index (χ1v) is 9.01. The number of likely N-dealkylation sites (N-methyl/N-ethyl adjacent to an activating group) is 1. The van der Waals surface area contributed by atoms with E-state index in [1.807, 2.05) is 20.8 Å². The van der Waals surface area contributed by atoms with Crippen LogP contribution in [0.1, 0.15) is 53.4 Å². The molecular weight excluding hydrogens is 326 g/mol. The third kappa shape index (κ3) is 15.9. The molecule has 7 heteroatoms. The predicted molar refractivity (Wildman–Crippen MR) is 95.6 cm³/mol. The van der Waals surface area contributed by atoms with Crippen LogP contribution in [0.5, 0.6) is 0 Å². The van der Waals surface area contributed by atoms with Gasteiger partial charge in [-0.05, 0) is 27.2 Å². The molecule has 0 unspecified atom stereocenters. The van der Waals surface area contributed by atoms with Gasteiger partial charge in [0.2, 0.25) is 0 Å². The number of carbonyl (C=O) groups is 2. The van der Waals surface area contributed by atoms with Gasteiger partial charge >= 0.3 is 12.1 Å². The van der Waals surface area contributed by atoms with E-state index in [9.17, 15) is 9.59 Å². The molecule has 0 aromatic carbocycles. The van der Waals surface area contributed by atoms with Crippen molar-refractivity contribution < 1.29 is 28.5 Å². The lowest BCUT2D eigenvalue weighted by atomic mass is 10.2. The van der Waals surface area contributed by atoms with Gasteiger partial charge in [0, 0.05) is 20.0 Å². The standard InChI is InChI=1S/C18H35NO6/c1-6-7-8-9-16(20)24-15-14-23-13-12-22-11-10-19(5)17(21)25-18(2,3)4/h6-15H2,1-5H3. The number of nitrogens with zero attached hydrogens (tertiary/aromatic N) is 1. The van der Waals surface area contributed by atoms with E-state index < -0.39 is 5.60 Å². The molecule has 0 saturated carbocycles. The Morgan fingerprint density at radius 1 is 0.920 bits per heavy atom. The molecule has 0 aliphatic heterocycles. The molecule has 0 aliphatic rings. The van der Waals surface area contributed by atoms with Crippen LogP contribution in [-0.2, 0) is 23.7 Å². The van der Waals surface area contributed by atoms with Crippen molar-refractivity contribution in [2.75, 3.05) is 46.6 Å². The summed E-state index contributed by atoms with van der Waals surface area (Å²) in [5, 5.41) is 0. The molecule has 0 bridgehead atoms. The first-order valence-electron chi connectivity index (χ1n) is 9.01. The Morgan fingerprint density at radius 3 is 2.12 bits per heavy atom. The largest absolute Gasteiger partial charge is 0.463 e. The second kappa shape index (κ2) is 13.9.